The smallest absolute Gasteiger partial charge is 0.0401 e. The maximum absolute atomic E-state index is 3.49. The van der Waals surface area contributed by atoms with E-state index >= 15 is 0 Å². The summed E-state index contributed by atoms with van der Waals surface area (Å²) >= 11 is 1.98. The third-order valence-electron chi connectivity index (χ3n) is 5.06. The molecule has 1 N–H and O–H groups in total. The van der Waals surface area contributed by atoms with Crippen molar-refractivity contribution in [2.75, 3.05) is 26.2 Å². The van der Waals surface area contributed by atoms with Gasteiger partial charge in [0, 0.05) is 42.0 Å². The summed E-state index contributed by atoms with van der Waals surface area (Å²) < 4.78 is 0. The number of nitrogens with one attached hydrogen (secondary N) is 1. The van der Waals surface area contributed by atoms with E-state index in [1.165, 1.54) is 26.5 Å². The molecule has 4 rings (SSSR count). The summed E-state index contributed by atoms with van der Waals surface area (Å²) in [4.78, 5) is 5.62. The lowest BCUT2D eigenvalue weighted by atomic mass is 9.95. The van der Waals surface area contributed by atoms with Gasteiger partial charge in [-0.25, -0.2) is 0 Å². The fourth-order valence-corrected chi connectivity index (χ4v) is 5.10. The molecule has 0 spiro atoms. The van der Waals surface area contributed by atoms with Gasteiger partial charge >= 0.3 is 0 Å². The molecular formula is C20H24N2S. The molecular weight excluding hydrogens is 300 g/mol. The molecule has 0 saturated carbocycles. The lowest BCUT2D eigenvalue weighted by Gasteiger charge is -2.35. The highest BCUT2D eigenvalue weighted by Gasteiger charge is 2.29. The van der Waals surface area contributed by atoms with Crippen LogP contribution in [0.5, 0.6) is 0 Å². The van der Waals surface area contributed by atoms with Crippen molar-refractivity contribution in [3.05, 3.63) is 59.2 Å². The molecule has 1 saturated heterocycles. The molecule has 2 nitrogen and oxygen atoms in total. The highest BCUT2D eigenvalue weighted by molar-refractivity contribution is 7.99. The SMILES string of the molecule is CCc1cccc2c1Sc1ccccc1C[C@H]2N1CCNCC1. The zero-order valence-electron chi connectivity index (χ0n) is 13.7. The summed E-state index contributed by atoms with van der Waals surface area (Å²) in [6.07, 6.45) is 2.23. The van der Waals surface area contributed by atoms with E-state index in [4.69, 9.17) is 0 Å². The average molecular weight is 324 g/mol. The summed E-state index contributed by atoms with van der Waals surface area (Å²) in [7, 11) is 0. The summed E-state index contributed by atoms with van der Waals surface area (Å²) in [6, 6.07) is 16.4. The number of hydrogen-bond donors (Lipinski definition) is 1. The van der Waals surface area contributed by atoms with Crippen LogP contribution >= 0.6 is 11.8 Å². The molecule has 2 aromatic carbocycles. The van der Waals surface area contributed by atoms with Gasteiger partial charge in [-0.3, -0.25) is 4.90 Å². The zero-order chi connectivity index (χ0) is 15.6. The fourth-order valence-electron chi connectivity index (χ4n) is 3.79. The van der Waals surface area contributed by atoms with Gasteiger partial charge in [-0.15, -0.1) is 0 Å². The van der Waals surface area contributed by atoms with Crippen molar-refractivity contribution in [3.8, 4) is 0 Å². The van der Waals surface area contributed by atoms with Crippen LogP contribution in [0.4, 0.5) is 0 Å². The lowest BCUT2D eigenvalue weighted by Crippen LogP contribution is -2.45. The van der Waals surface area contributed by atoms with E-state index < -0.39 is 0 Å². The number of nitrogens with zero attached hydrogens (tertiary/aromatic N) is 1. The van der Waals surface area contributed by atoms with E-state index in [0.29, 0.717) is 6.04 Å². The molecule has 2 aliphatic rings. The Balaban J connectivity index is 1.82. The zero-order valence-corrected chi connectivity index (χ0v) is 14.5. The van der Waals surface area contributed by atoms with Crippen molar-refractivity contribution in [1.29, 1.82) is 0 Å². The molecule has 0 amide bonds. The molecule has 0 aliphatic carbocycles. The van der Waals surface area contributed by atoms with Crippen molar-refractivity contribution in [3.63, 3.8) is 0 Å². The van der Waals surface area contributed by atoms with Crippen molar-refractivity contribution < 1.29 is 0 Å². The first-order valence-electron chi connectivity index (χ1n) is 8.69. The monoisotopic (exact) mass is 324 g/mol. The molecule has 2 heterocycles. The normalized spacial score (nSPS) is 21.3. The van der Waals surface area contributed by atoms with Crippen LogP contribution in [0, 0.1) is 0 Å². The Morgan fingerprint density at radius 2 is 1.91 bits per heavy atom. The third kappa shape index (κ3) is 2.93. The fraction of sp³-hybridized carbons (Fsp3) is 0.400. The molecule has 0 bridgehead atoms. The number of rotatable bonds is 2. The van der Waals surface area contributed by atoms with E-state index in [1.807, 2.05) is 11.8 Å². The lowest BCUT2D eigenvalue weighted by molar-refractivity contribution is 0.170. The minimum Gasteiger partial charge on any atom is -0.314 e. The molecule has 120 valence electrons. The Kier molecular flexibility index (Phi) is 4.43. The minimum absolute atomic E-state index is 0.509. The second-order valence-electron chi connectivity index (χ2n) is 6.40. The predicted octanol–water partition coefficient (Wildman–Crippen LogP) is 3.90. The van der Waals surface area contributed by atoms with E-state index in [2.05, 4.69) is 59.6 Å². The first kappa shape index (κ1) is 15.3. The summed E-state index contributed by atoms with van der Waals surface area (Å²) in [5, 5.41) is 3.49. The largest absolute Gasteiger partial charge is 0.314 e. The number of aryl methyl sites for hydroxylation is 1. The van der Waals surface area contributed by atoms with Gasteiger partial charge in [0.2, 0.25) is 0 Å². The molecule has 1 atom stereocenters. The second-order valence-corrected chi connectivity index (χ2v) is 7.46. The standard InChI is InChI=1S/C20H24N2S/c1-2-15-7-5-8-17-18(22-12-10-21-11-13-22)14-16-6-3-4-9-19(16)23-20(15)17/h3-9,18,21H,2,10-14H2,1H3/t18-/m1/s1. The summed E-state index contributed by atoms with van der Waals surface area (Å²) in [5.41, 5.74) is 4.52. The van der Waals surface area contributed by atoms with Crippen LogP contribution < -0.4 is 5.32 Å². The predicted molar refractivity (Wildman–Crippen MR) is 97.3 cm³/mol. The van der Waals surface area contributed by atoms with Gasteiger partial charge in [0.25, 0.3) is 0 Å². The Labute approximate surface area is 143 Å². The van der Waals surface area contributed by atoms with Crippen LogP contribution in [0.3, 0.4) is 0 Å². The number of piperazine rings is 1. The highest BCUT2D eigenvalue weighted by atomic mass is 32.2. The van der Waals surface area contributed by atoms with Crippen LogP contribution in [0.1, 0.15) is 29.7 Å². The molecule has 3 heteroatoms. The van der Waals surface area contributed by atoms with Gasteiger partial charge < -0.3 is 5.32 Å². The van der Waals surface area contributed by atoms with Crippen LogP contribution in [0.25, 0.3) is 0 Å². The molecule has 0 unspecified atom stereocenters. The summed E-state index contributed by atoms with van der Waals surface area (Å²) in [5.74, 6) is 0. The molecule has 2 aromatic rings. The first-order valence-corrected chi connectivity index (χ1v) is 9.51. The Morgan fingerprint density at radius 1 is 1.09 bits per heavy atom. The van der Waals surface area contributed by atoms with Crippen molar-refractivity contribution in [2.24, 2.45) is 0 Å². The molecule has 2 aliphatic heterocycles. The molecule has 0 radical (unpaired) electrons. The Morgan fingerprint density at radius 3 is 2.74 bits per heavy atom. The maximum atomic E-state index is 3.49. The third-order valence-corrected chi connectivity index (χ3v) is 6.38. The molecule has 0 aromatic heterocycles. The summed E-state index contributed by atoms with van der Waals surface area (Å²) in [6.45, 7) is 6.77. The van der Waals surface area contributed by atoms with Crippen molar-refractivity contribution in [1.82, 2.24) is 10.2 Å². The minimum atomic E-state index is 0.509. The van der Waals surface area contributed by atoms with E-state index in [0.717, 1.165) is 39.0 Å². The van der Waals surface area contributed by atoms with Gasteiger partial charge in [0.15, 0.2) is 0 Å². The van der Waals surface area contributed by atoms with Crippen LogP contribution in [0.2, 0.25) is 0 Å². The van der Waals surface area contributed by atoms with Crippen molar-refractivity contribution in [2.45, 2.75) is 35.6 Å². The Bertz CT molecular complexity index is 692. The van der Waals surface area contributed by atoms with Crippen LogP contribution in [0.15, 0.2) is 52.3 Å². The van der Waals surface area contributed by atoms with Crippen LogP contribution in [-0.4, -0.2) is 31.1 Å². The van der Waals surface area contributed by atoms with Gasteiger partial charge in [-0.05, 0) is 35.6 Å². The van der Waals surface area contributed by atoms with Crippen LogP contribution in [-0.2, 0) is 12.8 Å². The van der Waals surface area contributed by atoms with Gasteiger partial charge in [0.05, 0.1) is 0 Å². The maximum Gasteiger partial charge on any atom is 0.0401 e. The van der Waals surface area contributed by atoms with Crippen molar-refractivity contribution >= 4 is 11.8 Å². The van der Waals surface area contributed by atoms with E-state index in [1.54, 1.807) is 0 Å². The second kappa shape index (κ2) is 6.68. The first-order chi connectivity index (χ1) is 11.4. The topological polar surface area (TPSA) is 15.3 Å². The van der Waals surface area contributed by atoms with E-state index in [-0.39, 0.29) is 0 Å². The van der Waals surface area contributed by atoms with E-state index in [9.17, 15) is 0 Å². The number of fused-ring (bicyclic) bond motifs is 2. The number of hydrogen-bond acceptors (Lipinski definition) is 3. The highest BCUT2D eigenvalue weighted by Crippen LogP contribution is 2.44. The molecule has 23 heavy (non-hydrogen) atoms. The van der Waals surface area contributed by atoms with Gasteiger partial charge in [0.1, 0.15) is 0 Å². The average Bonchev–Trinajstić information content (AvgIpc) is 2.79. The Hall–Kier alpha value is -1.29. The van der Waals surface area contributed by atoms with Gasteiger partial charge in [-0.1, -0.05) is 55.1 Å². The van der Waals surface area contributed by atoms with Gasteiger partial charge in [-0.2, -0.15) is 0 Å². The quantitative estimate of drug-likeness (QED) is 0.902. The molecule has 1 fully saturated rings. The number of benzene rings is 2.